The number of rotatable bonds is 5. The van der Waals surface area contributed by atoms with E-state index < -0.39 is 0 Å². The maximum Gasteiger partial charge on any atom is 0.251 e. The normalized spacial score (nSPS) is 12.6. The van der Waals surface area contributed by atoms with Crippen LogP contribution in [0.3, 0.4) is 0 Å². The molecule has 1 atom stereocenters. The molecule has 4 heteroatoms. The fourth-order valence-electron chi connectivity index (χ4n) is 1.83. The number of aryl methyl sites for hydroxylation is 1. The number of carbonyl (C=O) groups is 1. The number of amides is 1. The number of hydrogen-bond acceptors (Lipinski definition) is 1. The molecule has 0 aliphatic carbocycles. The molecule has 0 saturated carbocycles. The standard InChI is InChI=1S/C14H19BrFNO/c1-9(2)6-12(8-15)17-14(18)13-7-11(16)5-4-10(13)3/h4-5,7,9,12H,6,8H2,1-3H3,(H,17,18). The molecule has 0 bridgehead atoms. The first-order valence-corrected chi connectivity index (χ1v) is 7.19. The maximum atomic E-state index is 13.1. The first-order valence-electron chi connectivity index (χ1n) is 6.07. The SMILES string of the molecule is Cc1ccc(F)cc1C(=O)NC(CBr)CC(C)C. The lowest BCUT2D eigenvalue weighted by Crippen LogP contribution is -2.37. The molecule has 0 saturated heterocycles. The van der Waals surface area contributed by atoms with Gasteiger partial charge in [-0.1, -0.05) is 35.8 Å². The molecule has 0 aliphatic heterocycles. The lowest BCUT2D eigenvalue weighted by molar-refractivity contribution is 0.0936. The summed E-state index contributed by atoms with van der Waals surface area (Å²) in [6, 6.07) is 4.34. The topological polar surface area (TPSA) is 29.1 Å². The van der Waals surface area contributed by atoms with E-state index in [-0.39, 0.29) is 17.8 Å². The summed E-state index contributed by atoms with van der Waals surface area (Å²) in [4.78, 5) is 12.1. The Bertz CT molecular complexity index is 420. The summed E-state index contributed by atoms with van der Waals surface area (Å²) in [6.07, 6.45) is 0.894. The third kappa shape index (κ3) is 4.41. The van der Waals surface area contributed by atoms with E-state index >= 15 is 0 Å². The van der Waals surface area contributed by atoms with E-state index in [0.29, 0.717) is 16.8 Å². The highest BCUT2D eigenvalue weighted by atomic mass is 79.9. The van der Waals surface area contributed by atoms with Crippen LogP contribution in [0.2, 0.25) is 0 Å². The van der Waals surface area contributed by atoms with Gasteiger partial charge in [-0.05, 0) is 37.0 Å². The maximum absolute atomic E-state index is 13.1. The van der Waals surface area contributed by atoms with Gasteiger partial charge >= 0.3 is 0 Å². The third-order valence-electron chi connectivity index (χ3n) is 2.72. The smallest absolute Gasteiger partial charge is 0.251 e. The van der Waals surface area contributed by atoms with Gasteiger partial charge in [0.15, 0.2) is 0 Å². The summed E-state index contributed by atoms with van der Waals surface area (Å²) in [5.74, 6) is -0.0939. The second-order valence-corrected chi connectivity index (χ2v) is 5.56. The fraction of sp³-hybridized carbons (Fsp3) is 0.500. The number of hydrogen-bond donors (Lipinski definition) is 1. The molecule has 0 aliphatic rings. The van der Waals surface area contributed by atoms with Crippen LogP contribution in [-0.2, 0) is 0 Å². The molecule has 0 spiro atoms. The Hall–Kier alpha value is -0.900. The van der Waals surface area contributed by atoms with Gasteiger partial charge in [0, 0.05) is 16.9 Å². The molecular weight excluding hydrogens is 297 g/mol. The van der Waals surface area contributed by atoms with Crippen LogP contribution in [0.25, 0.3) is 0 Å². The van der Waals surface area contributed by atoms with Crippen molar-refractivity contribution in [2.45, 2.75) is 33.2 Å². The molecule has 1 aromatic carbocycles. The van der Waals surface area contributed by atoms with Gasteiger partial charge in [0.25, 0.3) is 5.91 Å². The van der Waals surface area contributed by atoms with Crippen molar-refractivity contribution in [2.24, 2.45) is 5.92 Å². The predicted molar refractivity (Wildman–Crippen MR) is 75.6 cm³/mol. The van der Waals surface area contributed by atoms with Crippen LogP contribution in [0.5, 0.6) is 0 Å². The second kappa shape index (κ2) is 6.88. The Morgan fingerprint density at radius 1 is 1.44 bits per heavy atom. The summed E-state index contributed by atoms with van der Waals surface area (Å²) in [7, 11) is 0. The zero-order valence-corrected chi connectivity index (χ0v) is 12.6. The third-order valence-corrected chi connectivity index (χ3v) is 3.50. The lowest BCUT2D eigenvalue weighted by Gasteiger charge is -2.18. The average molecular weight is 316 g/mol. The Kier molecular flexibility index (Phi) is 5.79. The number of nitrogens with one attached hydrogen (secondary N) is 1. The zero-order chi connectivity index (χ0) is 13.7. The highest BCUT2D eigenvalue weighted by Gasteiger charge is 2.16. The van der Waals surface area contributed by atoms with E-state index in [4.69, 9.17) is 0 Å². The minimum Gasteiger partial charge on any atom is -0.348 e. The van der Waals surface area contributed by atoms with Gasteiger partial charge < -0.3 is 5.32 Å². The number of halogens is 2. The molecule has 1 amide bonds. The van der Waals surface area contributed by atoms with Crippen LogP contribution in [0.4, 0.5) is 4.39 Å². The second-order valence-electron chi connectivity index (χ2n) is 4.91. The monoisotopic (exact) mass is 315 g/mol. The summed E-state index contributed by atoms with van der Waals surface area (Å²) in [5.41, 5.74) is 1.19. The van der Waals surface area contributed by atoms with Crippen LogP contribution in [0, 0.1) is 18.7 Å². The van der Waals surface area contributed by atoms with E-state index in [9.17, 15) is 9.18 Å². The van der Waals surface area contributed by atoms with Gasteiger partial charge in [-0.3, -0.25) is 4.79 Å². The van der Waals surface area contributed by atoms with Gasteiger partial charge in [0.05, 0.1) is 0 Å². The molecule has 1 rings (SSSR count). The lowest BCUT2D eigenvalue weighted by atomic mass is 10.0. The van der Waals surface area contributed by atoms with Crippen molar-refractivity contribution in [1.82, 2.24) is 5.32 Å². The Labute approximate surface area is 116 Å². The largest absolute Gasteiger partial charge is 0.348 e. The molecular formula is C14H19BrFNO. The van der Waals surface area contributed by atoms with Crippen LogP contribution >= 0.6 is 15.9 Å². The summed E-state index contributed by atoms with van der Waals surface area (Å²) >= 11 is 3.39. The van der Waals surface area contributed by atoms with Crippen LogP contribution in [0.1, 0.15) is 36.2 Å². The van der Waals surface area contributed by atoms with Crippen molar-refractivity contribution in [2.75, 3.05) is 5.33 Å². The van der Waals surface area contributed by atoms with Crippen molar-refractivity contribution in [3.05, 3.63) is 35.1 Å². The average Bonchev–Trinajstić information content (AvgIpc) is 2.30. The van der Waals surface area contributed by atoms with E-state index in [2.05, 4.69) is 35.1 Å². The highest BCUT2D eigenvalue weighted by molar-refractivity contribution is 9.09. The predicted octanol–water partition coefficient (Wildman–Crippen LogP) is 3.67. The highest BCUT2D eigenvalue weighted by Crippen LogP contribution is 2.12. The van der Waals surface area contributed by atoms with E-state index in [1.807, 2.05) is 0 Å². The van der Waals surface area contributed by atoms with E-state index in [0.717, 1.165) is 12.0 Å². The number of benzene rings is 1. The summed E-state index contributed by atoms with van der Waals surface area (Å²) < 4.78 is 13.1. The number of alkyl halides is 1. The van der Waals surface area contributed by atoms with Gasteiger partial charge in [-0.15, -0.1) is 0 Å². The molecule has 1 unspecified atom stereocenters. The van der Waals surface area contributed by atoms with E-state index in [1.165, 1.54) is 12.1 Å². The van der Waals surface area contributed by atoms with Crippen LogP contribution in [0.15, 0.2) is 18.2 Å². The first kappa shape index (κ1) is 15.2. The molecule has 0 aromatic heterocycles. The fourth-order valence-corrected chi connectivity index (χ4v) is 2.26. The zero-order valence-electron chi connectivity index (χ0n) is 11.0. The molecule has 0 fully saturated rings. The molecule has 100 valence electrons. The van der Waals surface area contributed by atoms with Crippen molar-refractivity contribution in [3.63, 3.8) is 0 Å². The Balaban J connectivity index is 2.77. The molecule has 0 heterocycles. The summed E-state index contributed by atoms with van der Waals surface area (Å²) in [5, 5.41) is 3.63. The van der Waals surface area contributed by atoms with Crippen molar-refractivity contribution < 1.29 is 9.18 Å². The molecule has 1 N–H and O–H groups in total. The number of carbonyl (C=O) groups excluding carboxylic acids is 1. The van der Waals surface area contributed by atoms with Gasteiger partial charge in [-0.25, -0.2) is 4.39 Å². The molecule has 0 radical (unpaired) electrons. The van der Waals surface area contributed by atoms with Crippen molar-refractivity contribution in [3.8, 4) is 0 Å². The van der Waals surface area contributed by atoms with Crippen molar-refractivity contribution >= 4 is 21.8 Å². The first-order chi connectivity index (χ1) is 8.43. The summed E-state index contributed by atoms with van der Waals surface area (Å²) in [6.45, 7) is 6.02. The Morgan fingerprint density at radius 2 is 2.11 bits per heavy atom. The van der Waals surface area contributed by atoms with E-state index in [1.54, 1.807) is 13.0 Å². The Morgan fingerprint density at radius 3 is 2.67 bits per heavy atom. The van der Waals surface area contributed by atoms with Gasteiger partial charge in [0.2, 0.25) is 0 Å². The van der Waals surface area contributed by atoms with Crippen LogP contribution in [-0.4, -0.2) is 17.3 Å². The van der Waals surface area contributed by atoms with Gasteiger partial charge in [-0.2, -0.15) is 0 Å². The molecule has 1 aromatic rings. The minimum atomic E-state index is -0.384. The minimum absolute atomic E-state index is 0.0696. The van der Waals surface area contributed by atoms with Crippen molar-refractivity contribution in [1.29, 1.82) is 0 Å². The van der Waals surface area contributed by atoms with Gasteiger partial charge in [0.1, 0.15) is 5.82 Å². The molecule has 18 heavy (non-hydrogen) atoms. The molecule has 2 nitrogen and oxygen atoms in total. The van der Waals surface area contributed by atoms with Crippen LogP contribution < -0.4 is 5.32 Å². The quantitative estimate of drug-likeness (QED) is 0.825.